The molecule has 1 aliphatic heterocycles. The lowest BCUT2D eigenvalue weighted by Gasteiger charge is -2.42. The first-order valence-electron chi connectivity index (χ1n) is 5.70. The zero-order chi connectivity index (χ0) is 11.2. The third kappa shape index (κ3) is 1.67. The van der Waals surface area contributed by atoms with Crippen molar-refractivity contribution in [1.29, 1.82) is 0 Å². The van der Waals surface area contributed by atoms with Gasteiger partial charge in [0.1, 0.15) is 5.82 Å². The molecule has 3 rings (SSSR count). The average Bonchev–Trinajstić information content (AvgIpc) is 2.38. The van der Waals surface area contributed by atoms with Gasteiger partial charge in [-0.2, -0.15) is 0 Å². The molecule has 1 aromatic rings. The average molecular weight is 332 g/mol. The van der Waals surface area contributed by atoms with Crippen LogP contribution in [0.5, 0.6) is 0 Å². The maximum atomic E-state index is 13.5. The number of anilines is 2. The topological polar surface area (TPSA) is 24.1 Å². The molecule has 2 aliphatic rings. The summed E-state index contributed by atoms with van der Waals surface area (Å²) in [5, 5.41) is 6.92. The van der Waals surface area contributed by atoms with Gasteiger partial charge in [-0.3, -0.25) is 0 Å². The molecule has 0 saturated heterocycles. The predicted molar refractivity (Wildman–Crippen MR) is 72.4 cm³/mol. The predicted octanol–water partition coefficient (Wildman–Crippen LogP) is 3.58. The Morgan fingerprint density at radius 1 is 1.19 bits per heavy atom. The van der Waals surface area contributed by atoms with Crippen molar-refractivity contribution >= 4 is 34.0 Å². The Morgan fingerprint density at radius 2 is 2.00 bits per heavy atom. The lowest BCUT2D eigenvalue weighted by molar-refractivity contribution is 0.268. The first-order valence-corrected chi connectivity index (χ1v) is 6.78. The fraction of sp³-hybridized carbons (Fsp3) is 0.500. The summed E-state index contributed by atoms with van der Waals surface area (Å²) < 4.78 is 14.2. The third-order valence-electron chi connectivity index (χ3n) is 3.69. The van der Waals surface area contributed by atoms with Crippen LogP contribution in [0.4, 0.5) is 15.8 Å². The van der Waals surface area contributed by atoms with Crippen LogP contribution in [0.15, 0.2) is 12.1 Å². The summed E-state index contributed by atoms with van der Waals surface area (Å²) in [6, 6.07) is 3.51. The van der Waals surface area contributed by atoms with Crippen molar-refractivity contribution in [1.82, 2.24) is 0 Å². The minimum absolute atomic E-state index is 0.134. The highest BCUT2D eigenvalue weighted by atomic mass is 127. The molecule has 0 atom stereocenters. The molecule has 1 fully saturated rings. The van der Waals surface area contributed by atoms with Crippen molar-refractivity contribution in [3.8, 4) is 0 Å². The van der Waals surface area contributed by atoms with Crippen molar-refractivity contribution in [2.75, 3.05) is 17.2 Å². The zero-order valence-corrected chi connectivity index (χ0v) is 11.1. The third-order valence-corrected chi connectivity index (χ3v) is 4.52. The van der Waals surface area contributed by atoms with Gasteiger partial charge in [-0.15, -0.1) is 0 Å². The van der Waals surface area contributed by atoms with E-state index >= 15 is 0 Å². The van der Waals surface area contributed by atoms with Crippen LogP contribution in [0.3, 0.4) is 0 Å². The van der Waals surface area contributed by atoms with E-state index in [1.165, 1.54) is 19.3 Å². The molecular weight excluding hydrogens is 318 g/mol. The Balaban J connectivity index is 1.99. The molecule has 0 amide bonds. The normalized spacial score (nSPS) is 21.4. The number of nitrogens with one attached hydrogen (secondary N) is 2. The molecule has 1 heterocycles. The van der Waals surface area contributed by atoms with Gasteiger partial charge in [-0.1, -0.05) is 0 Å². The fourth-order valence-corrected chi connectivity index (χ4v) is 3.03. The standard InChI is InChI=1S/C12H14FIN2/c13-8-6-11-10(7-9(8)14)15-5-4-12(16-11)2-1-3-12/h6-7,15-16H,1-5H2. The van der Waals surface area contributed by atoms with Gasteiger partial charge in [0.2, 0.25) is 0 Å². The van der Waals surface area contributed by atoms with Gasteiger partial charge < -0.3 is 10.6 Å². The van der Waals surface area contributed by atoms with E-state index in [0.717, 1.165) is 24.3 Å². The van der Waals surface area contributed by atoms with E-state index in [4.69, 9.17) is 0 Å². The highest BCUT2D eigenvalue weighted by molar-refractivity contribution is 14.1. The first-order chi connectivity index (χ1) is 7.69. The van der Waals surface area contributed by atoms with E-state index < -0.39 is 0 Å². The van der Waals surface area contributed by atoms with Gasteiger partial charge in [-0.25, -0.2) is 4.39 Å². The van der Waals surface area contributed by atoms with Gasteiger partial charge in [-0.05, 0) is 54.3 Å². The largest absolute Gasteiger partial charge is 0.383 e. The van der Waals surface area contributed by atoms with Crippen LogP contribution in [0, 0.1) is 9.39 Å². The molecule has 86 valence electrons. The Labute approximate surface area is 108 Å². The van der Waals surface area contributed by atoms with Crippen LogP contribution in [0.2, 0.25) is 0 Å². The molecular formula is C12H14FIN2. The second-order valence-electron chi connectivity index (χ2n) is 4.75. The van der Waals surface area contributed by atoms with Crippen LogP contribution in [-0.2, 0) is 0 Å². The smallest absolute Gasteiger partial charge is 0.138 e. The molecule has 4 heteroatoms. The van der Waals surface area contributed by atoms with Gasteiger partial charge in [0.15, 0.2) is 0 Å². The van der Waals surface area contributed by atoms with E-state index in [-0.39, 0.29) is 11.4 Å². The van der Waals surface area contributed by atoms with Gasteiger partial charge in [0.05, 0.1) is 14.9 Å². The van der Waals surface area contributed by atoms with E-state index in [9.17, 15) is 4.39 Å². The highest BCUT2D eigenvalue weighted by Crippen LogP contribution is 2.42. The molecule has 1 saturated carbocycles. The minimum Gasteiger partial charge on any atom is -0.383 e. The molecule has 2 N–H and O–H groups in total. The summed E-state index contributed by atoms with van der Waals surface area (Å²) in [5.74, 6) is -0.134. The van der Waals surface area contributed by atoms with E-state index in [1.807, 2.05) is 28.7 Å². The van der Waals surface area contributed by atoms with Gasteiger partial charge in [0, 0.05) is 18.2 Å². The maximum absolute atomic E-state index is 13.5. The Bertz CT molecular complexity index is 429. The number of fused-ring (bicyclic) bond motifs is 1. The number of rotatable bonds is 0. The van der Waals surface area contributed by atoms with E-state index in [0.29, 0.717) is 3.57 Å². The summed E-state index contributed by atoms with van der Waals surface area (Å²) in [6.07, 6.45) is 4.83. The van der Waals surface area contributed by atoms with Crippen molar-refractivity contribution in [3.63, 3.8) is 0 Å². The SMILES string of the molecule is Fc1cc2c(cc1I)NCCC1(CCC1)N2. The lowest BCUT2D eigenvalue weighted by atomic mass is 9.74. The monoisotopic (exact) mass is 332 g/mol. The quantitative estimate of drug-likeness (QED) is 0.710. The molecule has 1 aromatic carbocycles. The molecule has 0 unspecified atom stereocenters. The van der Waals surface area contributed by atoms with Crippen LogP contribution in [0.25, 0.3) is 0 Å². The molecule has 0 bridgehead atoms. The van der Waals surface area contributed by atoms with Crippen LogP contribution < -0.4 is 10.6 Å². The Morgan fingerprint density at radius 3 is 2.69 bits per heavy atom. The summed E-state index contributed by atoms with van der Waals surface area (Å²) in [6.45, 7) is 0.974. The molecule has 1 aliphatic carbocycles. The van der Waals surface area contributed by atoms with Crippen molar-refractivity contribution in [2.45, 2.75) is 31.2 Å². The van der Waals surface area contributed by atoms with E-state index in [2.05, 4.69) is 10.6 Å². The number of hydrogen-bond acceptors (Lipinski definition) is 2. The molecule has 0 radical (unpaired) electrons. The fourth-order valence-electron chi connectivity index (χ4n) is 2.56. The van der Waals surface area contributed by atoms with Gasteiger partial charge in [0.25, 0.3) is 0 Å². The maximum Gasteiger partial charge on any atom is 0.138 e. The number of halogens is 2. The highest BCUT2D eigenvalue weighted by Gasteiger charge is 2.38. The summed E-state index contributed by atoms with van der Waals surface area (Å²) in [7, 11) is 0. The molecule has 2 nitrogen and oxygen atoms in total. The second kappa shape index (κ2) is 3.75. The number of benzene rings is 1. The summed E-state index contributed by atoms with van der Waals surface area (Å²) in [5.41, 5.74) is 2.20. The van der Waals surface area contributed by atoms with Gasteiger partial charge >= 0.3 is 0 Å². The number of hydrogen-bond donors (Lipinski definition) is 2. The Kier molecular flexibility index (Phi) is 2.49. The molecule has 1 spiro atoms. The summed E-state index contributed by atoms with van der Waals surface area (Å²) >= 11 is 2.03. The van der Waals surface area contributed by atoms with Crippen molar-refractivity contribution in [2.24, 2.45) is 0 Å². The zero-order valence-electron chi connectivity index (χ0n) is 8.95. The Hall–Kier alpha value is -0.520. The van der Waals surface area contributed by atoms with Crippen molar-refractivity contribution < 1.29 is 4.39 Å². The van der Waals surface area contributed by atoms with Crippen LogP contribution in [-0.4, -0.2) is 12.1 Å². The van der Waals surface area contributed by atoms with Crippen molar-refractivity contribution in [3.05, 3.63) is 21.5 Å². The summed E-state index contributed by atoms with van der Waals surface area (Å²) in [4.78, 5) is 0. The lowest BCUT2D eigenvalue weighted by Crippen LogP contribution is -2.45. The minimum atomic E-state index is -0.134. The van der Waals surface area contributed by atoms with Crippen LogP contribution >= 0.6 is 22.6 Å². The molecule has 16 heavy (non-hydrogen) atoms. The first kappa shape index (κ1) is 10.6. The van der Waals surface area contributed by atoms with Crippen LogP contribution in [0.1, 0.15) is 25.7 Å². The van der Waals surface area contributed by atoms with E-state index in [1.54, 1.807) is 6.07 Å². The molecule has 0 aromatic heterocycles. The second-order valence-corrected chi connectivity index (χ2v) is 5.91.